The first-order chi connectivity index (χ1) is 11.9. The number of nitrogens with one attached hydrogen (secondary N) is 1. The second-order valence-corrected chi connectivity index (χ2v) is 6.81. The average Bonchev–Trinajstić information content (AvgIpc) is 2.57. The highest BCUT2D eigenvalue weighted by Crippen LogP contribution is 2.22. The third-order valence-electron chi connectivity index (χ3n) is 4.62. The molecule has 2 aromatic carbocycles. The summed E-state index contributed by atoms with van der Waals surface area (Å²) in [4.78, 5) is 14.6. The van der Waals surface area contributed by atoms with E-state index in [1.165, 1.54) is 27.8 Å². The first-order valence-electron chi connectivity index (χ1n) is 9.09. The first kappa shape index (κ1) is 19.2. The molecule has 2 rings (SSSR count). The maximum atomic E-state index is 12.5. The molecule has 3 heteroatoms. The Morgan fingerprint density at radius 1 is 1.00 bits per heavy atom. The normalized spacial score (nSPS) is 11.0. The van der Waals surface area contributed by atoms with Crippen LogP contribution in [-0.4, -0.2) is 24.4 Å². The van der Waals surface area contributed by atoms with Gasteiger partial charge in [-0.15, -0.1) is 0 Å². The number of amides is 1. The molecule has 25 heavy (non-hydrogen) atoms. The van der Waals surface area contributed by atoms with E-state index in [1.54, 1.807) is 0 Å². The van der Waals surface area contributed by atoms with Crippen LogP contribution in [0, 0.1) is 13.8 Å². The molecule has 1 amide bonds. The van der Waals surface area contributed by atoms with Crippen molar-refractivity contribution in [3.8, 4) is 0 Å². The fourth-order valence-electron chi connectivity index (χ4n) is 3.20. The molecule has 0 heterocycles. The number of benzene rings is 2. The van der Waals surface area contributed by atoms with Crippen LogP contribution in [0.3, 0.4) is 0 Å². The van der Waals surface area contributed by atoms with Crippen LogP contribution < -0.4 is 5.32 Å². The lowest BCUT2D eigenvalue weighted by molar-refractivity contribution is -0.117. The number of likely N-dealkylation sites (N-methyl/N-ethyl adjacent to an activating group) is 1. The summed E-state index contributed by atoms with van der Waals surface area (Å²) >= 11 is 0. The summed E-state index contributed by atoms with van der Waals surface area (Å²) in [5, 5.41) is 3.14. The van der Waals surface area contributed by atoms with E-state index in [1.807, 2.05) is 7.05 Å². The number of hydrogen-bond donors (Lipinski definition) is 1. The number of hydrogen-bond acceptors (Lipinski definition) is 2. The first-order valence-corrected chi connectivity index (χ1v) is 9.09. The topological polar surface area (TPSA) is 32.3 Å². The Hall–Kier alpha value is -2.13. The van der Waals surface area contributed by atoms with Crippen molar-refractivity contribution in [2.45, 2.75) is 47.1 Å². The van der Waals surface area contributed by atoms with Crippen LogP contribution in [0.2, 0.25) is 0 Å². The van der Waals surface area contributed by atoms with E-state index < -0.39 is 0 Å². The lowest BCUT2D eigenvalue weighted by Crippen LogP contribution is -2.30. The van der Waals surface area contributed by atoms with Gasteiger partial charge in [-0.1, -0.05) is 55.8 Å². The molecule has 0 bridgehead atoms. The fourth-order valence-corrected chi connectivity index (χ4v) is 3.20. The third kappa shape index (κ3) is 5.17. The van der Waals surface area contributed by atoms with Gasteiger partial charge in [0.2, 0.25) is 5.91 Å². The maximum absolute atomic E-state index is 12.5. The lowest BCUT2D eigenvalue weighted by Gasteiger charge is -2.20. The summed E-state index contributed by atoms with van der Waals surface area (Å²) in [5.74, 6) is 0.0443. The molecular weight excluding hydrogens is 308 g/mol. The molecule has 0 unspecified atom stereocenters. The number of anilines is 1. The molecule has 1 N–H and O–H groups in total. The Morgan fingerprint density at radius 3 is 2.20 bits per heavy atom. The average molecular weight is 338 g/mol. The molecule has 0 aliphatic heterocycles. The van der Waals surface area contributed by atoms with Gasteiger partial charge in [0.25, 0.3) is 0 Å². The highest BCUT2D eigenvalue weighted by molar-refractivity contribution is 5.93. The van der Waals surface area contributed by atoms with Crippen LogP contribution in [0.4, 0.5) is 5.69 Å². The molecule has 0 aliphatic rings. The molecule has 134 valence electrons. The zero-order valence-corrected chi connectivity index (χ0v) is 16.1. The van der Waals surface area contributed by atoms with Crippen LogP contribution in [-0.2, 0) is 24.2 Å². The van der Waals surface area contributed by atoms with E-state index >= 15 is 0 Å². The second kappa shape index (κ2) is 8.82. The van der Waals surface area contributed by atoms with Gasteiger partial charge in [-0.25, -0.2) is 0 Å². The van der Waals surface area contributed by atoms with E-state index in [2.05, 4.69) is 74.3 Å². The molecule has 0 radical (unpaired) electrons. The highest BCUT2D eigenvalue weighted by atomic mass is 16.2. The third-order valence-corrected chi connectivity index (χ3v) is 4.62. The van der Waals surface area contributed by atoms with Crippen molar-refractivity contribution in [3.05, 3.63) is 64.2 Å². The van der Waals surface area contributed by atoms with Gasteiger partial charge in [0.05, 0.1) is 6.54 Å². The Morgan fingerprint density at radius 2 is 1.64 bits per heavy atom. The van der Waals surface area contributed by atoms with Gasteiger partial charge in [-0.2, -0.15) is 0 Å². The maximum Gasteiger partial charge on any atom is 0.238 e. The lowest BCUT2D eigenvalue weighted by atomic mass is 10.0. The van der Waals surface area contributed by atoms with Crippen LogP contribution in [0.5, 0.6) is 0 Å². The van der Waals surface area contributed by atoms with Crippen LogP contribution in [0.1, 0.15) is 41.7 Å². The van der Waals surface area contributed by atoms with Gasteiger partial charge in [-0.05, 0) is 56.0 Å². The van der Waals surface area contributed by atoms with Crippen LogP contribution in [0.15, 0.2) is 36.4 Å². The standard InChI is InChI=1S/C22H30N2O/c1-6-18-9-8-10-19(7-2)22(18)23-21(25)15-24(5)14-20-12-11-16(3)13-17(20)4/h8-13H,6-7,14-15H2,1-5H3,(H,23,25). The van der Waals surface area contributed by atoms with Gasteiger partial charge in [0.15, 0.2) is 0 Å². The molecule has 0 spiro atoms. The summed E-state index contributed by atoms with van der Waals surface area (Å²) in [7, 11) is 1.99. The van der Waals surface area contributed by atoms with Gasteiger partial charge in [0, 0.05) is 12.2 Å². The number of rotatable bonds is 7. The predicted molar refractivity (Wildman–Crippen MR) is 106 cm³/mol. The molecule has 0 saturated heterocycles. The van der Waals surface area contributed by atoms with E-state index in [9.17, 15) is 4.79 Å². The van der Waals surface area contributed by atoms with Gasteiger partial charge >= 0.3 is 0 Å². The Balaban J connectivity index is 2.02. The Bertz CT molecular complexity index is 715. The van der Waals surface area contributed by atoms with E-state index in [0.29, 0.717) is 6.54 Å². The minimum atomic E-state index is 0.0443. The Labute approximate surface area is 152 Å². The minimum absolute atomic E-state index is 0.0443. The van der Waals surface area contributed by atoms with Gasteiger partial charge in [-0.3, -0.25) is 9.69 Å². The molecule has 0 saturated carbocycles. The highest BCUT2D eigenvalue weighted by Gasteiger charge is 2.12. The molecular formula is C22H30N2O. The quantitative estimate of drug-likeness (QED) is 0.806. The summed E-state index contributed by atoms with van der Waals surface area (Å²) in [6, 6.07) is 12.7. The molecule has 0 fully saturated rings. The van der Waals surface area contributed by atoms with Crippen molar-refractivity contribution in [1.29, 1.82) is 0 Å². The molecule has 0 aromatic heterocycles. The SMILES string of the molecule is CCc1cccc(CC)c1NC(=O)CN(C)Cc1ccc(C)cc1C. The summed E-state index contributed by atoms with van der Waals surface area (Å²) in [6.07, 6.45) is 1.84. The summed E-state index contributed by atoms with van der Waals surface area (Å²) < 4.78 is 0. The van der Waals surface area contributed by atoms with E-state index in [4.69, 9.17) is 0 Å². The molecule has 2 aromatic rings. The largest absolute Gasteiger partial charge is 0.324 e. The number of para-hydroxylation sites is 1. The monoisotopic (exact) mass is 338 g/mol. The number of carbonyl (C=O) groups excluding carboxylic acids is 1. The van der Waals surface area contributed by atoms with Gasteiger partial charge < -0.3 is 5.32 Å². The summed E-state index contributed by atoms with van der Waals surface area (Å²) in [6.45, 7) is 9.63. The van der Waals surface area contributed by atoms with E-state index in [-0.39, 0.29) is 5.91 Å². The van der Waals surface area contributed by atoms with Crippen molar-refractivity contribution >= 4 is 11.6 Å². The number of aryl methyl sites for hydroxylation is 4. The number of carbonyl (C=O) groups is 1. The predicted octanol–water partition coefficient (Wildman–Crippen LogP) is 4.50. The number of nitrogens with zero attached hydrogens (tertiary/aromatic N) is 1. The van der Waals surface area contributed by atoms with Crippen molar-refractivity contribution in [2.75, 3.05) is 18.9 Å². The smallest absolute Gasteiger partial charge is 0.238 e. The van der Waals surface area contributed by atoms with Crippen molar-refractivity contribution < 1.29 is 4.79 Å². The zero-order valence-electron chi connectivity index (χ0n) is 16.1. The fraction of sp³-hybridized carbons (Fsp3) is 0.409. The van der Waals surface area contributed by atoms with Crippen molar-refractivity contribution in [1.82, 2.24) is 4.90 Å². The van der Waals surface area contributed by atoms with E-state index in [0.717, 1.165) is 25.1 Å². The zero-order chi connectivity index (χ0) is 18.4. The molecule has 0 atom stereocenters. The van der Waals surface area contributed by atoms with Crippen molar-refractivity contribution in [3.63, 3.8) is 0 Å². The second-order valence-electron chi connectivity index (χ2n) is 6.81. The summed E-state index contributed by atoms with van der Waals surface area (Å²) in [5.41, 5.74) is 7.21. The molecule has 3 nitrogen and oxygen atoms in total. The Kier molecular flexibility index (Phi) is 6.77. The minimum Gasteiger partial charge on any atom is -0.324 e. The van der Waals surface area contributed by atoms with Crippen molar-refractivity contribution in [2.24, 2.45) is 0 Å². The van der Waals surface area contributed by atoms with Crippen LogP contribution >= 0.6 is 0 Å². The van der Waals surface area contributed by atoms with Gasteiger partial charge in [0.1, 0.15) is 0 Å². The van der Waals surface area contributed by atoms with Crippen LogP contribution in [0.25, 0.3) is 0 Å². The molecule has 0 aliphatic carbocycles.